The smallest absolute Gasteiger partial charge is 0.179 e. The maximum absolute atomic E-state index is 10.9. The van der Waals surface area contributed by atoms with E-state index in [0.29, 0.717) is 5.69 Å². The number of ketones is 1. The molecule has 0 saturated heterocycles. The molecule has 0 aliphatic carbocycles. The van der Waals surface area contributed by atoms with Gasteiger partial charge in [0.05, 0.1) is 5.69 Å². The van der Waals surface area contributed by atoms with E-state index in [4.69, 9.17) is 0 Å². The van der Waals surface area contributed by atoms with Crippen molar-refractivity contribution in [3.63, 3.8) is 0 Å². The molecule has 0 spiro atoms. The summed E-state index contributed by atoms with van der Waals surface area (Å²) in [7, 11) is 0. The third kappa shape index (κ3) is 1.61. The summed E-state index contributed by atoms with van der Waals surface area (Å²) in [6.45, 7) is 3.46. The molecule has 0 bridgehead atoms. The van der Waals surface area contributed by atoms with Crippen molar-refractivity contribution in [2.45, 2.75) is 20.3 Å². The minimum Gasteiger partial charge on any atom is -0.293 e. The van der Waals surface area contributed by atoms with Crippen molar-refractivity contribution in [1.29, 1.82) is 0 Å². The van der Waals surface area contributed by atoms with E-state index >= 15 is 0 Å². The van der Waals surface area contributed by atoms with Gasteiger partial charge < -0.3 is 0 Å². The van der Waals surface area contributed by atoms with Crippen LogP contribution in [0.3, 0.4) is 0 Å². The Hall–Kier alpha value is -1.25. The zero-order valence-corrected chi connectivity index (χ0v) is 6.66. The number of hydrogen-bond donors (Lipinski definition) is 0. The Morgan fingerprint density at radius 2 is 2.09 bits per heavy atom. The van der Waals surface area contributed by atoms with Crippen molar-refractivity contribution in [1.82, 2.24) is 9.97 Å². The lowest BCUT2D eigenvalue weighted by Crippen LogP contribution is -2.03. The first-order chi connectivity index (χ1) is 5.25. The largest absolute Gasteiger partial charge is 0.293 e. The lowest BCUT2D eigenvalue weighted by molar-refractivity contribution is 0.101. The molecule has 0 amide bonds. The van der Waals surface area contributed by atoms with Gasteiger partial charge in [-0.15, -0.1) is 0 Å². The van der Waals surface area contributed by atoms with Crippen LogP contribution in [0, 0.1) is 0 Å². The SMILES string of the molecule is CCc1nccnc1C(C)=O. The summed E-state index contributed by atoms with van der Waals surface area (Å²) in [6.07, 6.45) is 3.89. The average molecular weight is 150 g/mol. The van der Waals surface area contributed by atoms with Crippen LogP contribution in [0.2, 0.25) is 0 Å². The second-order valence-corrected chi connectivity index (χ2v) is 2.26. The number of carbonyl (C=O) groups excluding carboxylic acids is 1. The third-order valence-corrected chi connectivity index (χ3v) is 1.44. The van der Waals surface area contributed by atoms with Crippen molar-refractivity contribution in [2.24, 2.45) is 0 Å². The molecular formula is C8H10N2O. The number of hydrogen-bond acceptors (Lipinski definition) is 3. The molecule has 0 atom stereocenters. The van der Waals surface area contributed by atoms with Gasteiger partial charge in [-0.3, -0.25) is 9.78 Å². The molecule has 0 aliphatic heterocycles. The first-order valence-corrected chi connectivity index (χ1v) is 3.56. The first kappa shape index (κ1) is 7.85. The van der Waals surface area contributed by atoms with Crippen LogP contribution >= 0.6 is 0 Å². The maximum Gasteiger partial charge on any atom is 0.179 e. The van der Waals surface area contributed by atoms with Crippen LogP contribution in [-0.4, -0.2) is 15.8 Å². The quantitative estimate of drug-likeness (QED) is 0.596. The zero-order chi connectivity index (χ0) is 8.27. The number of Topliss-reactive ketones (excluding diaryl/α,β-unsaturated/α-hetero) is 1. The lowest BCUT2D eigenvalue weighted by atomic mass is 10.2. The molecule has 0 aliphatic rings. The highest BCUT2D eigenvalue weighted by Crippen LogP contribution is 2.02. The number of rotatable bonds is 2. The third-order valence-electron chi connectivity index (χ3n) is 1.44. The van der Waals surface area contributed by atoms with E-state index in [1.807, 2.05) is 6.92 Å². The van der Waals surface area contributed by atoms with Crippen LogP contribution in [-0.2, 0) is 6.42 Å². The minimum absolute atomic E-state index is 0.0186. The summed E-state index contributed by atoms with van der Waals surface area (Å²) in [5.74, 6) is -0.0186. The van der Waals surface area contributed by atoms with Gasteiger partial charge in [0, 0.05) is 19.3 Å². The van der Waals surface area contributed by atoms with E-state index in [1.54, 1.807) is 6.20 Å². The summed E-state index contributed by atoms with van der Waals surface area (Å²) < 4.78 is 0. The fourth-order valence-corrected chi connectivity index (χ4v) is 0.920. The molecule has 1 aromatic heterocycles. The molecule has 58 valence electrons. The van der Waals surface area contributed by atoms with Crippen molar-refractivity contribution < 1.29 is 4.79 Å². The van der Waals surface area contributed by atoms with Crippen LogP contribution in [0.15, 0.2) is 12.4 Å². The number of aryl methyl sites for hydroxylation is 1. The Bertz CT molecular complexity index is 271. The van der Waals surface area contributed by atoms with Crippen LogP contribution in [0.4, 0.5) is 0 Å². The standard InChI is InChI=1S/C8H10N2O/c1-3-7-8(6(2)11)10-5-4-9-7/h4-5H,3H2,1-2H3. The van der Waals surface area contributed by atoms with Gasteiger partial charge >= 0.3 is 0 Å². The predicted octanol–water partition coefficient (Wildman–Crippen LogP) is 1.24. The van der Waals surface area contributed by atoms with Crippen LogP contribution < -0.4 is 0 Å². The second-order valence-electron chi connectivity index (χ2n) is 2.26. The Morgan fingerprint density at radius 3 is 2.55 bits per heavy atom. The van der Waals surface area contributed by atoms with Gasteiger partial charge in [-0.2, -0.15) is 0 Å². The molecule has 1 heterocycles. The fourth-order valence-electron chi connectivity index (χ4n) is 0.920. The monoisotopic (exact) mass is 150 g/mol. The molecule has 0 fully saturated rings. The first-order valence-electron chi connectivity index (χ1n) is 3.56. The summed E-state index contributed by atoms with van der Waals surface area (Å²) >= 11 is 0. The number of aromatic nitrogens is 2. The fraction of sp³-hybridized carbons (Fsp3) is 0.375. The topological polar surface area (TPSA) is 42.9 Å². The molecule has 11 heavy (non-hydrogen) atoms. The molecule has 0 aromatic carbocycles. The highest BCUT2D eigenvalue weighted by atomic mass is 16.1. The van der Waals surface area contributed by atoms with Gasteiger partial charge in [-0.25, -0.2) is 4.98 Å². The van der Waals surface area contributed by atoms with Gasteiger partial charge in [0.2, 0.25) is 0 Å². The van der Waals surface area contributed by atoms with Crippen LogP contribution in [0.25, 0.3) is 0 Å². The molecule has 3 nitrogen and oxygen atoms in total. The number of carbonyl (C=O) groups is 1. The molecule has 3 heteroatoms. The van der Waals surface area contributed by atoms with Crippen molar-refractivity contribution >= 4 is 5.78 Å². The van der Waals surface area contributed by atoms with Crippen LogP contribution in [0.1, 0.15) is 30.0 Å². The molecule has 1 rings (SSSR count). The minimum atomic E-state index is -0.0186. The highest BCUT2D eigenvalue weighted by Gasteiger charge is 2.06. The van der Waals surface area contributed by atoms with Gasteiger partial charge in [-0.05, 0) is 6.42 Å². The molecule has 1 aromatic rings. The lowest BCUT2D eigenvalue weighted by Gasteiger charge is -1.99. The molecule has 0 radical (unpaired) electrons. The van der Waals surface area contributed by atoms with Gasteiger partial charge in [0.15, 0.2) is 5.78 Å². The van der Waals surface area contributed by atoms with E-state index in [1.165, 1.54) is 13.1 Å². The van der Waals surface area contributed by atoms with Gasteiger partial charge in [0.1, 0.15) is 5.69 Å². The van der Waals surface area contributed by atoms with Crippen molar-refractivity contribution in [3.8, 4) is 0 Å². The molecule has 0 N–H and O–H groups in total. The molecule has 0 saturated carbocycles. The Morgan fingerprint density at radius 1 is 1.45 bits per heavy atom. The van der Waals surface area contributed by atoms with Gasteiger partial charge in [0.25, 0.3) is 0 Å². The summed E-state index contributed by atoms with van der Waals surface area (Å²) in [4.78, 5) is 18.9. The summed E-state index contributed by atoms with van der Waals surface area (Å²) in [5, 5.41) is 0. The maximum atomic E-state index is 10.9. The summed E-state index contributed by atoms with van der Waals surface area (Å²) in [6, 6.07) is 0. The van der Waals surface area contributed by atoms with Crippen molar-refractivity contribution in [3.05, 3.63) is 23.8 Å². The van der Waals surface area contributed by atoms with Gasteiger partial charge in [-0.1, -0.05) is 6.92 Å². The Labute approximate surface area is 65.5 Å². The number of nitrogens with zero attached hydrogens (tertiary/aromatic N) is 2. The Kier molecular flexibility index (Phi) is 2.31. The van der Waals surface area contributed by atoms with E-state index in [9.17, 15) is 4.79 Å². The second kappa shape index (κ2) is 3.23. The normalized spacial score (nSPS) is 9.64. The predicted molar refractivity (Wildman–Crippen MR) is 41.4 cm³/mol. The van der Waals surface area contributed by atoms with E-state index in [-0.39, 0.29) is 5.78 Å². The zero-order valence-electron chi connectivity index (χ0n) is 6.66. The van der Waals surface area contributed by atoms with E-state index in [0.717, 1.165) is 12.1 Å². The van der Waals surface area contributed by atoms with Crippen molar-refractivity contribution in [2.75, 3.05) is 0 Å². The summed E-state index contributed by atoms with van der Waals surface area (Å²) in [5.41, 5.74) is 1.27. The van der Waals surface area contributed by atoms with E-state index < -0.39 is 0 Å². The molecular weight excluding hydrogens is 140 g/mol. The highest BCUT2D eigenvalue weighted by molar-refractivity contribution is 5.93. The average Bonchev–Trinajstić information content (AvgIpc) is 2.04. The Balaban J connectivity index is 3.12. The van der Waals surface area contributed by atoms with E-state index in [2.05, 4.69) is 9.97 Å². The molecule has 0 unspecified atom stereocenters. The van der Waals surface area contributed by atoms with Crippen LogP contribution in [0.5, 0.6) is 0 Å².